The van der Waals surface area contributed by atoms with Crippen LogP contribution in [0.25, 0.3) is 23.1 Å². The SMILES string of the molecule is Fc1cc(-c2nc(-c3n[nH]c(C4CC4)n3)no2)ccc1C(F)F. The minimum Gasteiger partial charge on any atom is -0.333 e. The molecule has 3 aromatic rings. The van der Waals surface area contributed by atoms with Gasteiger partial charge in [-0.25, -0.2) is 18.2 Å². The van der Waals surface area contributed by atoms with Gasteiger partial charge < -0.3 is 4.52 Å². The van der Waals surface area contributed by atoms with Gasteiger partial charge in [-0.3, -0.25) is 5.10 Å². The Hall–Kier alpha value is -2.71. The molecular weight excluding hydrogens is 311 g/mol. The van der Waals surface area contributed by atoms with E-state index in [0.29, 0.717) is 5.92 Å². The van der Waals surface area contributed by atoms with Gasteiger partial charge in [0.05, 0.1) is 5.56 Å². The lowest BCUT2D eigenvalue weighted by atomic mass is 10.1. The zero-order chi connectivity index (χ0) is 16.0. The third kappa shape index (κ3) is 2.58. The van der Waals surface area contributed by atoms with Crippen LogP contribution >= 0.6 is 0 Å². The third-order valence-corrected chi connectivity index (χ3v) is 3.58. The number of hydrogen-bond donors (Lipinski definition) is 1. The summed E-state index contributed by atoms with van der Waals surface area (Å²) in [4.78, 5) is 8.36. The Bertz CT molecular complexity index is 856. The number of hydrogen-bond acceptors (Lipinski definition) is 5. The summed E-state index contributed by atoms with van der Waals surface area (Å²) in [5.74, 6) is 0.606. The number of alkyl halides is 2. The fourth-order valence-corrected chi connectivity index (χ4v) is 2.18. The molecule has 23 heavy (non-hydrogen) atoms. The first-order valence-corrected chi connectivity index (χ1v) is 6.96. The van der Waals surface area contributed by atoms with Crippen LogP contribution in [0, 0.1) is 5.82 Å². The van der Waals surface area contributed by atoms with E-state index >= 15 is 0 Å². The quantitative estimate of drug-likeness (QED) is 0.796. The van der Waals surface area contributed by atoms with Gasteiger partial charge in [-0.05, 0) is 31.0 Å². The van der Waals surface area contributed by atoms with Crippen molar-refractivity contribution < 1.29 is 17.7 Å². The Morgan fingerprint density at radius 2 is 2.00 bits per heavy atom. The first-order valence-electron chi connectivity index (χ1n) is 6.96. The van der Waals surface area contributed by atoms with Crippen molar-refractivity contribution >= 4 is 0 Å². The molecule has 9 heteroatoms. The van der Waals surface area contributed by atoms with Crippen molar-refractivity contribution in [2.75, 3.05) is 0 Å². The van der Waals surface area contributed by atoms with Gasteiger partial charge in [0.25, 0.3) is 12.3 Å². The summed E-state index contributed by atoms with van der Waals surface area (Å²) >= 11 is 0. The molecule has 0 bridgehead atoms. The summed E-state index contributed by atoms with van der Waals surface area (Å²) in [5.41, 5.74) is -0.458. The Morgan fingerprint density at radius 3 is 2.70 bits per heavy atom. The predicted octanol–water partition coefficient (Wildman–Crippen LogP) is 3.48. The number of aromatic nitrogens is 5. The zero-order valence-corrected chi connectivity index (χ0v) is 11.6. The molecule has 1 N–H and O–H groups in total. The van der Waals surface area contributed by atoms with Crippen LogP contribution in [0.2, 0.25) is 0 Å². The largest absolute Gasteiger partial charge is 0.333 e. The summed E-state index contributed by atoms with van der Waals surface area (Å²) in [7, 11) is 0. The van der Waals surface area contributed by atoms with Crippen LogP contribution in [0.3, 0.4) is 0 Å². The monoisotopic (exact) mass is 321 g/mol. The molecule has 1 aromatic carbocycles. The van der Waals surface area contributed by atoms with Crippen molar-refractivity contribution in [2.45, 2.75) is 25.2 Å². The van der Waals surface area contributed by atoms with E-state index in [2.05, 4.69) is 25.3 Å². The fraction of sp³-hybridized carbons (Fsp3) is 0.286. The molecule has 1 saturated carbocycles. The number of nitrogens with one attached hydrogen (secondary N) is 1. The highest BCUT2D eigenvalue weighted by molar-refractivity contribution is 5.56. The molecule has 118 valence electrons. The van der Waals surface area contributed by atoms with Crippen molar-refractivity contribution in [3.63, 3.8) is 0 Å². The Labute approximate surface area is 127 Å². The molecule has 0 unspecified atom stereocenters. The molecule has 1 aliphatic rings. The maximum atomic E-state index is 13.6. The van der Waals surface area contributed by atoms with E-state index in [4.69, 9.17) is 4.52 Å². The minimum atomic E-state index is -2.88. The molecule has 6 nitrogen and oxygen atoms in total. The molecule has 1 fully saturated rings. The van der Waals surface area contributed by atoms with Gasteiger partial charge in [0.1, 0.15) is 11.6 Å². The molecule has 4 rings (SSSR count). The number of H-pyrrole nitrogens is 1. The van der Waals surface area contributed by atoms with E-state index < -0.39 is 17.8 Å². The average molecular weight is 321 g/mol. The van der Waals surface area contributed by atoms with Crippen LogP contribution in [-0.4, -0.2) is 25.3 Å². The van der Waals surface area contributed by atoms with Crippen LogP contribution in [0.15, 0.2) is 22.7 Å². The van der Waals surface area contributed by atoms with Crippen molar-refractivity contribution in [3.8, 4) is 23.1 Å². The van der Waals surface area contributed by atoms with Crippen LogP contribution < -0.4 is 0 Å². The lowest BCUT2D eigenvalue weighted by Crippen LogP contribution is -1.91. The zero-order valence-electron chi connectivity index (χ0n) is 11.6. The topological polar surface area (TPSA) is 80.5 Å². The molecule has 0 atom stereocenters. The average Bonchev–Trinajstić information content (AvgIpc) is 3.07. The molecule has 0 radical (unpaired) electrons. The number of rotatable bonds is 4. The van der Waals surface area contributed by atoms with E-state index in [1.54, 1.807) is 0 Å². The van der Waals surface area contributed by atoms with Crippen LogP contribution in [0.5, 0.6) is 0 Å². The summed E-state index contributed by atoms with van der Waals surface area (Å²) in [6.45, 7) is 0. The first kappa shape index (κ1) is 13.9. The molecule has 0 saturated heterocycles. The smallest absolute Gasteiger partial charge is 0.266 e. The lowest BCUT2D eigenvalue weighted by Gasteiger charge is -2.02. The van der Waals surface area contributed by atoms with Crippen LogP contribution in [0.1, 0.15) is 36.6 Å². The lowest BCUT2D eigenvalue weighted by molar-refractivity contribution is 0.146. The van der Waals surface area contributed by atoms with E-state index in [0.717, 1.165) is 30.8 Å². The van der Waals surface area contributed by atoms with Crippen LogP contribution in [-0.2, 0) is 0 Å². The highest BCUT2D eigenvalue weighted by Crippen LogP contribution is 2.38. The van der Waals surface area contributed by atoms with Crippen molar-refractivity contribution in [2.24, 2.45) is 0 Å². The van der Waals surface area contributed by atoms with Crippen LogP contribution in [0.4, 0.5) is 13.2 Å². The Kier molecular flexibility index (Phi) is 3.14. The number of aromatic amines is 1. The second kappa shape index (κ2) is 5.18. The molecule has 2 heterocycles. The van der Waals surface area contributed by atoms with Gasteiger partial charge in [0.15, 0.2) is 0 Å². The second-order valence-corrected chi connectivity index (χ2v) is 5.28. The van der Waals surface area contributed by atoms with E-state index in [1.807, 2.05) is 0 Å². The standard InChI is InChI=1S/C14H10F3N5O/c15-9-5-7(3-4-8(9)10(16)17)14-19-13(22-23-14)12-18-11(20-21-12)6-1-2-6/h3-6,10H,1-2H2,(H,18,20,21). The van der Waals surface area contributed by atoms with E-state index in [1.165, 1.54) is 6.07 Å². The van der Waals surface area contributed by atoms with E-state index in [9.17, 15) is 13.2 Å². The maximum Gasteiger partial charge on any atom is 0.266 e. The Balaban J connectivity index is 1.63. The van der Waals surface area contributed by atoms with Gasteiger partial charge in [-0.1, -0.05) is 5.16 Å². The molecule has 0 aliphatic heterocycles. The summed E-state index contributed by atoms with van der Waals surface area (Å²) in [5, 5.41) is 10.6. The molecule has 1 aliphatic carbocycles. The number of benzene rings is 1. The maximum absolute atomic E-state index is 13.6. The highest BCUT2D eigenvalue weighted by atomic mass is 19.3. The first-order chi connectivity index (χ1) is 11.1. The van der Waals surface area contributed by atoms with E-state index in [-0.39, 0.29) is 23.1 Å². The van der Waals surface area contributed by atoms with Gasteiger partial charge in [-0.2, -0.15) is 4.98 Å². The minimum absolute atomic E-state index is 0.0116. The predicted molar refractivity (Wildman–Crippen MR) is 72.0 cm³/mol. The third-order valence-electron chi connectivity index (χ3n) is 3.58. The van der Waals surface area contributed by atoms with Crippen molar-refractivity contribution in [1.29, 1.82) is 0 Å². The molecule has 0 amide bonds. The summed E-state index contributed by atoms with van der Waals surface area (Å²) < 4.78 is 43.7. The van der Waals surface area contributed by atoms with Crippen molar-refractivity contribution in [1.82, 2.24) is 25.3 Å². The number of halogens is 3. The second-order valence-electron chi connectivity index (χ2n) is 5.28. The number of nitrogens with zero attached hydrogens (tertiary/aromatic N) is 4. The normalized spacial score (nSPS) is 14.6. The van der Waals surface area contributed by atoms with Gasteiger partial charge in [-0.15, -0.1) is 5.10 Å². The highest BCUT2D eigenvalue weighted by Gasteiger charge is 2.28. The van der Waals surface area contributed by atoms with Gasteiger partial charge in [0, 0.05) is 11.5 Å². The Morgan fingerprint density at radius 1 is 1.17 bits per heavy atom. The summed E-state index contributed by atoms with van der Waals surface area (Å²) in [6.07, 6.45) is -0.736. The fourth-order valence-electron chi connectivity index (χ4n) is 2.18. The molecular formula is C14H10F3N5O. The summed E-state index contributed by atoms with van der Waals surface area (Å²) in [6, 6.07) is 3.24. The van der Waals surface area contributed by atoms with Gasteiger partial charge in [0.2, 0.25) is 11.6 Å². The van der Waals surface area contributed by atoms with Gasteiger partial charge >= 0.3 is 0 Å². The molecule has 2 aromatic heterocycles. The molecule has 0 spiro atoms. The van der Waals surface area contributed by atoms with Crippen molar-refractivity contribution in [3.05, 3.63) is 35.4 Å².